The molecule has 5 aromatic rings. The quantitative estimate of drug-likeness (QED) is 0.418. The molecule has 0 fully saturated rings. The van der Waals surface area contributed by atoms with Crippen molar-refractivity contribution in [3.8, 4) is 27.2 Å². The highest BCUT2D eigenvalue weighted by Crippen LogP contribution is 2.28. The summed E-state index contributed by atoms with van der Waals surface area (Å²) in [6.45, 7) is 1.71. The van der Waals surface area contributed by atoms with Gasteiger partial charge in [-0.05, 0) is 29.8 Å². The van der Waals surface area contributed by atoms with Gasteiger partial charge in [-0.25, -0.2) is 4.98 Å². The summed E-state index contributed by atoms with van der Waals surface area (Å²) in [5.74, 6) is 0.573. The Kier molecular flexibility index (Phi) is 4.81. The molecule has 0 aliphatic rings. The van der Waals surface area contributed by atoms with Crippen LogP contribution < -0.4 is 10.9 Å². The molecule has 0 saturated heterocycles. The van der Waals surface area contributed by atoms with E-state index in [1.54, 1.807) is 19.1 Å². The highest BCUT2D eigenvalue weighted by Gasteiger charge is 2.19. The molecular formula is C20H14N6O3S2. The lowest BCUT2D eigenvalue weighted by Gasteiger charge is -2.07. The van der Waals surface area contributed by atoms with Crippen molar-refractivity contribution in [2.24, 2.45) is 0 Å². The topological polar surface area (TPSA) is 119 Å². The van der Waals surface area contributed by atoms with Gasteiger partial charge in [0.1, 0.15) is 11.5 Å². The van der Waals surface area contributed by atoms with Crippen LogP contribution in [0, 0.1) is 6.92 Å². The minimum atomic E-state index is -0.472. The van der Waals surface area contributed by atoms with Gasteiger partial charge in [-0.15, -0.1) is 22.7 Å². The minimum Gasteiger partial charge on any atom is -0.355 e. The number of amides is 1. The van der Waals surface area contributed by atoms with E-state index in [9.17, 15) is 9.59 Å². The lowest BCUT2D eigenvalue weighted by atomic mass is 10.3. The summed E-state index contributed by atoms with van der Waals surface area (Å²) >= 11 is 3.00. The van der Waals surface area contributed by atoms with Gasteiger partial charge in [0.25, 0.3) is 11.5 Å². The lowest BCUT2D eigenvalue weighted by Crippen LogP contribution is -2.19. The van der Waals surface area contributed by atoms with Gasteiger partial charge >= 0.3 is 0 Å². The summed E-state index contributed by atoms with van der Waals surface area (Å²) < 4.78 is 6.69. The molecule has 0 spiro atoms. The maximum Gasteiger partial charge on any atom is 0.279 e. The Balaban J connectivity index is 1.52. The van der Waals surface area contributed by atoms with Crippen molar-refractivity contribution in [1.29, 1.82) is 0 Å². The van der Waals surface area contributed by atoms with E-state index in [1.807, 2.05) is 35.0 Å². The summed E-state index contributed by atoms with van der Waals surface area (Å²) in [5.41, 5.74) is 0.972. The number of carbonyl (C=O) groups is 1. The van der Waals surface area contributed by atoms with Crippen LogP contribution in [0.15, 0.2) is 62.5 Å². The van der Waals surface area contributed by atoms with Crippen LogP contribution in [0.5, 0.6) is 0 Å². The molecule has 0 atom stereocenters. The van der Waals surface area contributed by atoms with Crippen molar-refractivity contribution in [2.45, 2.75) is 6.92 Å². The molecule has 9 nitrogen and oxygen atoms in total. The fourth-order valence-corrected chi connectivity index (χ4v) is 4.29. The molecule has 5 heterocycles. The smallest absolute Gasteiger partial charge is 0.279 e. The van der Waals surface area contributed by atoms with Crippen molar-refractivity contribution < 1.29 is 9.32 Å². The van der Waals surface area contributed by atoms with E-state index in [2.05, 4.69) is 25.5 Å². The predicted octanol–water partition coefficient (Wildman–Crippen LogP) is 3.96. The normalized spacial score (nSPS) is 11.0. The molecule has 0 bridgehead atoms. The van der Waals surface area contributed by atoms with Crippen LogP contribution in [0.25, 0.3) is 27.2 Å². The predicted molar refractivity (Wildman–Crippen MR) is 118 cm³/mol. The Morgan fingerprint density at radius 3 is 2.61 bits per heavy atom. The zero-order chi connectivity index (χ0) is 21.4. The van der Waals surface area contributed by atoms with Crippen LogP contribution in [0.3, 0.4) is 0 Å². The molecule has 0 saturated carbocycles. The van der Waals surface area contributed by atoms with Gasteiger partial charge in [-0.2, -0.15) is 9.78 Å². The molecule has 0 aromatic carbocycles. The summed E-state index contributed by atoms with van der Waals surface area (Å²) in [7, 11) is 0. The van der Waals surface area contributed by atoms with E-state index in [-0.39, 0.29) is 17.2 Å². The van der Waals surface area contributed by atoms with Crippen molar-refractivity contribution in [2.75, 3.05) is 5.32 Å². The first kappa shape index (κ1) is 19.2. The highest BCUT2D eigenvalue weighted by atomic mass is 32.1. The molecule has 0 aliphatic heterocycles. The van der Waals surface area contributed by atoms with Crippen LogP contribution in [-0.2, 0) is 0 Å². The largest absolute Gasteiger partial charge is 0.355 e. The fourth-order valence-electron chi connectivity index (χ4n) is 2.94. The van der Waals surface area contributed by atoms with Crippen molar-refractivity contribution in [1.82, 2.24) is 24.9 Å². The average Bonchev–Trinajstić information content (AvgIpc) is 3.54. The number of thiophene rings is 2. The lowest BCUT2D eigenvalue weighted by molar-refractivity contribution is 0.101. The van der Waals surface area contributed by atoms with Gasteiger partial charge in [-0.1, -0.05) is 17.3 Å². The Hall–Kier alpha value is -3.83. The summed E-state index contributed by atoms with van der Waals surface area (Å²) in [6.07, 6.45) is 0. The first-order chi connectivity index (χ1) is 15.1. The molecule has 0 aliphatic carbocycles. The number of H-pyrrole nitrogens is 1. The monoisotopic (exact) mass is 450 g/mol. The van der Waals surface area contributed by atoms with Gasteiger partial charge in [-0.3, -0.25) is 14.6 Å². The minimum absolute atomic E-state index is 0.125. The maximum absolute atomic E-state index is 12.8. The standard InChI is InChI=1S/C20H14N6O3S2/c1-11-8-18(27)23-20(21-11)26-17(10-12(24-26)15-4-2-6-30-15)22-19(28)13-9-14(29-25-13)16-5-3-7-31-16/h2-10H,1H3,(H,22,28)(H,21,23,27). The Bertz CT molecular complexity index is 1410. The number of rotatable bonds is 5. The number of anilines is 1. The molecule has 0 unspecified atom stereocenters. The summed E-state index contributed by atoms with van der Waals surface area (Å²) in [4.78, 5) is 33.6. The molecule has 0 radical (unpaired) electrons. The van der Waals surface area contributed by atoms with Gasteiger partial charge in [0, 0.05) is 23.9 Å². The SMILES string of the molecule is Cc1cc(=O)[nH]c(-n2nc(-c3cccs3)cc2NC(=O)c2cc(-c3cccs3)on2)n1. The maximum atomic E-state index is 12.8. The Morgan fingerprint density at radius 2 is 1.90 bits per heavy atom. The van der Waals surface area contributed by atoms with Crippen molar-refractivity contribution in [3.05, 3.63) is 75.0 Å². The van der Waals surface area contributed by atoms with Gasteiger partial charge < -0.3 is 9.84 Å². The number of nitrogens with one attached hydrogen (secondary N) is 2. The second-order valence-corrected chi connectivity index (χ2v) is 8.42. The van der Waals surface area contributed by atoms with E-state index in [4.69, 9.17) is 4.52 Å². The van der Waals surface area contributed by atoms with E-state index >= 15 is 0 Å². The van der Waals surface area contributed by atoms with Crippen LogP contribution in [0.4, 0.5) is 5.82 Å². The number of aryl methyl sites for hydroxylation is 1. The van der Waals surface area contributed by atoms with Crippen LogP contribution in [-0.4, -0.2) is 30.8 Å². The number of hydrogen-bond acceptors (Lipinski definition) is 8. The molecule has 5 aromatic heterocycles. The van der Waals surface area contributed by atoms with Crippen LogP contribution >= 0.6 is 22.7 Å². The Morgan fingerprint density at radius 1 is 1.13 bits per heavy atom. The number of hydrogen-bond donors (Lipinski definition) is 2. The first-order valence-electron chi connectivity index (χ1n) is 9.11. The van der Waals surface area contributed by atoms with Crippen molar-refractivity contribution in [3.63, 3.8) is 0 Å². The molecular weight excluding hydrogens is 436 g/mol. The molecule has 1 amide bonds. The molecule has 11 heteroatoms. The third-order valence-corrected chi connectivity index (χ3v) is 6.07. The zero-order valence-corrected chi connectivity index (χ0v) is 17.7. The van der Waals surface area contributed by atoms with E-state index < -0.39 is 5.91 Å². The van der Waals surface area contributed by atoms with Gasteiger partial charge in [0.2, 0.25) is 5.95 Å². The third-order valence-electron chi connectivity index (χ3n) is 4.29. The number of nitrogens with zero attached hydrogens (tertiary/aromatic N) is 4. The second kappa shape index (κ2) is 7.78. The fraction of sp³-hybridized carbons (Fsp3) is 0.0500. The molecule has 154 valence electrons. The summed E-state index contributed by atoms with van der Waals surface area (Å²) in [5, 5.41) is 15.0. The molecule has 5 rings (SSSR count). The highest BCUT2D eigenvalue weighted by molar-refractivity contribution is 7.13. The molecule has 2 N–H and O–H groups in total. The Labute approximate surface area is 183 Å². The zero-order valence-electron chi connectivity index (χ0n) is 16.0. The number of carbonyl (C=O) groups excluding carboxylic acids is 1. The third kappa shape index (κ3) is 3.83. The second-order valence-electron chi connectivity index (χ2n) is 6.52. The number of aromatic amines is 1. The van der Waals surface area contributed by atoms with Crippen LogP contribution in [0.1, 0.15) is 16.2 Å². The van der Waals surface area contributed by atoms with Crippen molar-refractivity contribution >= 4 is 34.4 Å². The summed E-state index contributed by atoms with van der Waals surface area (Å²) in [6, 6.07) is 12.3. The van der Waals surface area contributed by atoms with Gasteiger partial charge in [0.15, 0.2) is 11.5 Å². The first-order valence-corrected chi connectivity index (χ1v) is 10.9. The van der Waals surface area contributed by atoms with E-state index in [0.29, 0.717) is 23.0 Å². The van der Waals surface area contributed by atoms with Crippen LogP contribution in [0.2, 0.25) is 0 Å². The molecule has 31 heavy (non-hydrogen) atoms. The van der Waals surface area contributed by atoms with E-state index in [1.165, 1.54) is 33.4 Å². The van der Waals surface area contributed by atoms with Gasteiger partial charge in [0.05, 0.1) is 9.75 Å². The average molecular weight is 451 g/mol. The number of aromatic nitrogens is 5. The van der Waals surface area contributed by atoms with E-state index in [0.717, 1.165) is 9.75 Å².